The second-order valence-electron chi connectivity index (χ2n) is 7.21. The number of amides is 1. The third kappa shape index (κ3) is 4.37. The van der Waals surface area contributed by atoms with Crippen LogP contribution < -0.4 is 0 Å². The van der Waals surface area contributed by atoms with Gasteiger partial charge in [-0.25, -0.2) is 0 Å². The first-order valence-corrected chi connectivity index (χ1v) is 10.7. The Bertz CT molecular complexity index is 358. The van der Waals surface area contributed by atoms with E-state index in [1.165, 1.54) is 6.42 Å². The number of hydrogen-bond donors (Lipinski definition) is 0. The average molecular weight is 298 g/mol. The fraction of sp³-hybridized carbons (Fsp3) is 0.812. The van der Waals surface area contributed by atoms with Crippen molar-refractivity contribution in [2.75, 3.05) is 6.54 Å². The maximum absolute atomic E-state index is 12.0. The second-order valence-corrected chi connectivity index (χ2v) is 12.0. The van der Waals surface area contributed by atoms with Gasteiger partial charge in [0.05, 0.1) is 12.3 Å². The van der Waals surface area contributed by atoms with E-state index in [1.54, 1.807) is 0 Å². The molecule has 1 fully saturated rings. The molecule has 0 aromatic carbocycles. The molecule has 0 aliphatic carbocycles. The number of nitrogens with zero attached hydrogens (tertiary/aromatic N) is 1. The summed E-state index contributed by atoms with van der Waals surface area (Å²) in [6.07, 6.45) is 7.93. The van der Waals surface area contributed by atoms with Crippen molar-refractivity contribution in [3.8, 4) is 0 Å². The van der Waals surface area contributed by atoms with Gasteiger partial charge in [0.15, 0.2) is 0 Å². The first-order chi connectivity index (χ1) is 9.19. The Labute approximate surface area is 125 Å². The number of carbonyl (C=O) groups is 1. The standard InChI is InChI=1S/C16H31NO2Si/c1-7-15(18)17-12-9-8-10-14(17)11-13-19-20(5,6)16(2,3)4/h11,13-14H,7-10,12H2,1-6H3/b13-11+. The lowest BCUT2D eigenvalue weighted by Gasteiger charge is -2.36. The lowest BCUT2D eigenvalue weighted by molar-refractivity contribution is -0.133. The highest BCUT2D eigenvalue weighted by Gasteiger charge is 2.38. The highest BCUT2D eigenvalue weighted by atomic mass is 28.4. The maximum atomic E-state index is 12.0. The molecule has 1 heterocycles. The highest BCUT2D eigenvalue weighted by Crippen LogP contribution is 2.36. The Morgan fingerprint density at radius 1 is 1.35 bits per heavy atom. The van der Waals surface area contributed by atoms with Crippen molar-refractivity contribution in [3.63, 3.8) is 0 Å². The van der Waals surface area contributed by atoms with Gasteiger partial charge >= 0.3 is 0 Å². The Morgan fingerprint density at radius 3 is 2.55 bits per heavy atom. The number of hydrogen-bond acceptors (Lipinski definition) is 2. The molecule has 0 bridgehead atoms. The van der Waals surface area contributed by atoms with Crippen molar-refractivity contribution in [2.24, 2.45) is 0 Å². The molecule has 1 rings (SSSR count). The summed E-state index contributed by atoms with van der Waals surface area (Å²) in [6.45, 7) is 14.0. The van der Waals surface area contributed by atoms with Crippen LogP contribution in [0.4, 0.5) is 0 Å². The molecule has 1 amide bonds. The number of piperidine rings is 1. The normalized spacial score (nSPS) is 21.3. The number of likely N-dealkylation sites (tertiary alicyclic amines) is 1. The van der Waals surface area contributed by atoms with E-state index < -0.39 is 8.32 Å². The van der Waals surface area contributed by atoms with Crippen LogP contribution in [-0.4, -0.2) is 31.7 Å². The van der Waals surface area contributed by atoms with Crippen LogP contribution in [0.2, 0.25) is 18.1 Å². The third-order valence-corrected chi connectivity index (χ3v) is 8.98. The van der Waals surface area contributed by atoms with Crippen molar-refractivity contribution >= 4 is 14.2 Å². The summed E-state index contributed by atoms with van der Waals surface area (Å²) in [5, 5.41) is 0.211. The summed E-state index contributed by atoms with van der Waals surface area (Å²) in [5.41, 5.74) is 0. The van der Waals surface area contributed by atoms with Gasteiger partial charge in [0.25, 0.3) is 0 Å². The molecule has 0 aromatic heterocycles. The second kappa shape index (κ2) is 6.79. The average Bonchev–Trinajstić information content (AvgIpc) is 2.37. The monoisotopic (exact) mass is 297 g/mol. The van der Waals surface area contributed by atoms with E-state index in [-0.39, 0.29) is 17.0 Å². The Kier molecular flexibility index (Phi) is 5.87. The molecule has 4 heteroatoms. The minimum atomic E-state index is -1.74. The van der Waals surface area contributed by atoms with Crippen LogP contribution >= 0.6 is 0 Å². The van der Waals surface area contributed by atoms with Gasteiger partial charge < -0.3 is 9.33 Å². The van der Waals surface area contributed by atoms with Crippen LogP contribution in [0.3, 0.4) is 0 Å². The van der Waals surface area contributed by atoms with E-state index in [1.807, 2.05) is 18.1 Å². The van der Waals surface area contributed by atoms with Crippen molar-refractivity contribution in [1.29, 1.82) is 0 Å². The van der Waals surface area contributed by atoms with E-state index in [0.717, 1.165) is 19.4 Å². The summed E-state index contributed by atoms with van der Waals surface area (Å²) >= 11 is 0. The topological polar surface area (TPSA) is 29.5 Å². The molecule has 20 heavy (non-hydrogen) atoms. The number of rotatable bonds is 4. The molecule has 0 spiro atoms. The van der Waals surface area contributed by atoms with Crippen LogP contribution in [0, 0.1) is 0 Å². The minimum Gasteiger partial charge on any atom is -0.549 e. The van der Waals surface area contributed by atoms with Gasteiger partial charge in [-0.2, -0.15) is 0 Å². The Balaban J connectivity index is 2.65. The van der Waals surface area contributed by atoms with E-state index in [9.17, 15) is 4.79 Å². The first-order valence-electron chi connectivity index (χ1n) is 7.83. The third-order valence-electron chi connectivity index (χ3n) is 4.64. The molecule has 116 valence electrons. The van der Waals surface area contributed by atoms with E-state index in [4.69, 9.17) is 4.43 Å². The van der Waals surface area contributed by atoms with Crippen LogP contribution in [-0.2, 0) is 9.22 Å². The quantitative estimate of drug-likeness (QED) is 0.571. The lowest BCUT2D eigenvalue weighted by atomic mass is 10.0. The smallest absolute Gasteiger partial charge is 0.249 e. The fourth-order valence-corrected chi connectivity index (χ4v) is 2.92. The van der Waals surface area contributed by atoms with Crippen molar-refractivity contribution in [1.82, 2.24) is 4.90 Å². The largest absolute Gasteiger partial charge is 0.549 e. The van der Waals surface area contributed by atoms with Crippen LogP contribution in [0.25, 0.3) is 0 Å². The number of carbonyl (C=O) groups excluding carboxylic acids is 1. The van der Waals surface area contributed by atoms with Crippen molar-refractivity contribution in [3.05, 3.63) is 12.3 Å². The zero-order chi connectivity index (χ0) is 15.4. The molecule has 0 saturated carbocycles. The molecule has 1 saturated heterocycles. The predicted octanol–water partition coefficient (Wildman–Crippen LogP) is 4.31. The molecular weight excluding hydrogens is 266 g/mol. The zero-order valence-electron chi connectivity index (χ0n) is 14.0. The van der Waals surface area contributed by atoms with E-state index in [2.05, 4.69) is 39.9 Å². The minimum absolute atomic E-state index is 0.211. The van der Waals surface area contributed by atoms with Gasteiger partial charge in [-0.05, 0) is 43.5 Å². The molecule has 0 aromatic rings. The SMILES string of the molecule is CCC(=O)N1CCCCC1/C=C/O[Si](C)(C)C(C)(C)C. The van der Waals surface area contributed by atoms with Crippen molar-refractivity contribution < 1.29 is 9.22 Å². The summed E-state index contributed by atoms with van der Waals surface area (Å²) in [7, 11) is -1.74. The molecule has 0 N–H and O–H groups in total. The van der Waals surface area contributed by atoms with Gasteiger partial charge in [0.2, 0.25) is 14.2 Å². The lowest BCUT2D eigenvalue weighted by Crippen LogP contribution is -2.43. The summed E-state index contributed by atoms with van der Waals surface area (Å²) < 4.78 is 6.08. The Hall–Kier alpha value is -0.773. The van der Waals surface area contributed by atoms with E-state index >= 15 is 0 Å². The molecule has 1 aliphatic heterocycles. The van der Waals surface area contributed by atoms with Crippen LogP contribution in [0.15, 0.2) is 12.3 Å². The molecule has 1 atom stereocenters. The summed E-state index contributed by atoms with van der Waals surface area (Å²) in [6, 6.07) is 0.223. The highest BCUT2D eigenvalue weighted by molar-refractivity contribution is 6.74. The fourth-order valence-electron chi connectivity index (χ4n) is 2.15. The van der Waals surface area contributed by atoms with Gasteiger partial charge in [0, 0.05) is 13.0 Å². The van der Waals surface area contributed by atoms with Gasteiger partial charge in [0.1, 0.15) is 0 Å². The molecular formula is C16H31NO2Si. The molecule has 1 aliphatic rings. The van der Waals surface area contributed by atoms with Gasteiger partial charge in [-0.3, -0.25) is 4.79 Å². The maximum Gasteiger partial charge on any atom is 0.249 e. The predicted molar refractivity (Wildman–Crippen MR) is 87.1 cm³/mol. The Morgan fingerprint density at radius 2 is 2.00 bits per heavy atom. The first kappa shape index (κ1) is 17.3. The van der Waals surface area contributed by atoms with Gasteiger partial charge in [-0.15, -0.1) is 0 Å². The van der Waals surface area contributed by atoms with Crippen LogP contribution in [0.5, 0.6) is 0 Å². The summed E-state index contributed by atoms with van der Waals surface area (Å²) in [4.78, 5) is 14.0. The molecule has 0 radical (unpaired) electrons. The molecule has 1 unspecified atom stereocenters. The zero-order valence-corrected chi connectivity index (χ0v) is 15.0. The van der Waals surface area contributed by atoms with Crippen molar-refractivity contribution in [2.45, 2.75) is 77.6 Å². The summed E-state index contributed by atoms with van der Waals surface area (Å²) in [5.74, 6) is 0.256. The van der Waals surface area contributed by atoms with Gasteiger partial charge in [-0.1, -0.05) is 27.7 Å². The van der Waals surface area contributed by atoms with Crippen LogP contribution in [0.1, 0.15) is 53.4 Å². The van der Waals surface area contributed by atoms with E-state index in [0.29, 0.717) is 6.42 Å². The molecule has 3 nitrogen and oxygen atoms in total.